The van der Waals surface area contributed by atoms with E-state index in [1.165, 1.54) is 0 Å². The number of nitrogens with zero attached hydrogens (tertiary/aromatic N) is 1. The van der Waals surface area contributed by atoms with Crippen molar-refractivity contribution in [2.45, 2.75) is 109 Å². The van der Waals surface area contributed by atoms with Gasteiger partial charge in [0, 0.05) is 19.4 Å². The normalized spacial score (nSPS) is 41.1. The first-order chi connectivity index (χ1) is 19.9. The summed E-state index contributed by atoms with van der Waals surface area (Å²) in [7, 11) is -0.775. The van der Waals surface area contributed by atoms with E-state index in [1.807, 2.05) is 14.1 Å². The van der Waals surface area contributed by atoms with Crippen LogP contribution >= 0.6 is 0 Å². The Morgan fingerprint density at radius 2 is 1.77 bits per heavy atom. The van der Waals surface area contributed by atoms with Crippen LogP contribution in [-0.2, 0) is 14.9 Å². The third kappa shape index (κ3) is 7.60. The lowest BCUT2D eigenvalue weighted by Gasteiger charge is -2.63. The summed E-state index contributed by atoms with van der Waals surface area (Å²) >= 11 is 0. The molecular weight excluding hydrogens is 572 g/mol. The number of carbonyl (C=O) groups excluding carboxylic acids is 1. The van der Waals surface area contributed by atoms with Crippen molar-refractivity contribution in [3.8, 4) is 0 Å². The second-order valence-corrected chi connectivity index (χ2v) is 17.4. The lowest BCUT2D eigenvalue weighted by Crippen LogP contribution is -2.62. The fourth-order valence-corrected chi connectivity index (χ4v) is 11.0. The summed E-state index contributed by atoms with van der Waals surface area (Å²) in [6.07, 6.45) is 5.44. The highest BCUT2D eigenvalue weighted by molar-refractivity contribution is 7.85. The van der Waals surface area contributed by atoms with Crippen LogP contribution in [0.2, 0.25) is 0 Å². The molecule has 250 valence electrons. The van der Waals surface area contributed by atoms with Crippen molar-refractivity contribution >= 4 is 16.0 Å². The summed E-state index contributed by atoms with van der Waals surface area (Å²) in [4.78, 5) is 12.7. The molecule has 0 bridgehead atoms. The fraction of sp³-hybridized carbons (Fsp3) is 0.969. The molecule has 0 aromatic rings. The van der Waals surface area contributed by atoms with E-state index in [4.69, 9.17) is 0 Å². The highest BCUT2D eigenvalue weighted by Gasteiger charge is 2.65. The van der Waals surface area contributed by atoms with Gasteiger partial charge < -0.3 is 34.8 Å². The van der Waals surface area contributed by atoms with E-state index in [9.17, 15) is 38.2 Å². The van der Waals surface area contributed by atoms with Crippen molar-refractivity contribution in [3.05, 3.63) is 0 Å². The molecule has 0 aliphatic heterocycles. The zero-order chi connectivity index (χ0) is 32.0. The summed E-state index contributed by atoms with van der Waals surface area (Å²) < 4.78 is 33.0. The summed E-state index contributed by atoms with van der Waals surface area (Å²) in [5.41, 5.74) is -0.229. The van der Waals surface area contributed by atoms with Crippen molar-refractivity contribution in [3.63, 3.8) is 0 Å². The van der Waals surface area contributed by atoms with Gasteiger partial charge in [-0.1, -0.05) is 20.8 Å². The third-order valence-corrected chi connectivity index (χ3v) is 13.5. The van der Waals surface area contributed by atoms with E-state index in [1.54, 1.807) is 0 Å². The van der Waals surface area contributed by atoms with E-state index in [0.717, 1.165) is 44.9 Å². The van der Waals surface area contributed by atoms with Crippen LogP contribution in [0.4, 0.5) is 0 Å². The van der Waals surface area contributed by atoms with Crippen LogP contribution < -0.4 is 5.32 Å². The Morgan fingerprint density at radius 1 is 1.07 bits per heavy atom. The maximum atomic E-state index is 12.7. The SMILES string of the molecule is C[C@H](CCC(=O)NCCC[N+](C)(C)CC(O)CS(=O)(=O)[O-])[C@H]1CCC2C3C(C[C@H](O)[C@@]21C)[C@@]1(C)CC[C@@H](O)CC1C[C@H]3O. The number of rotatable bonds is 12. The molecule has 0 aromatic carbocycles. The van der Waals surface area contributed by atoms with Crippen molar-refractivity contribution in [2.75, 3.05) is 39.5 Å². The number of nitrogens with one attached hydrogen (secondary N) is 1. The maximum Gasteiger partial charge on any atom is 0.220 e. The molecule has 0 heterocycles. The zero-order valence-corrected chi connectivity index (χ0v) is 27.8. The van der Waals surface area contributed by atoms with Gasteiger partial charge in [-0.15, -0.1) is 0 Å². The molecular formula is C32H58N2O8S. The van der Waals surface area contributed by atoms with E-state index >= 15 is 0 Å². The van der Waals surface area contributed by atoms with Gasteiger partial charge in [-0.05, 0) is 97.7 Å². The van der Waals surface area contributed by atoms with E-state index in [0.29, 0.717) is 42.8 Å². The van der Waals surface area contributed by atoms with Gasteiger partial charge in [-0.3, -0.25) is 4.79 Å². The molecule has 5 unspecified atom stereocenters. The van der Waals surface area contributed by atoms with Crippen LogP contribution in [0.3, 0.4) is 0 Å². The number of likely N-dealkylation sites (N-methyl/N-ethyl adjacent to an activating group) is 1. The van der Waals surface area contributed by atoms with Crippen LogP contribution in [-0.4, -0.2) is 108 Å². The van der Waals surface area contributed by atoms with Crippen LogP contribution in [0.15, 0.2) is 0 Å². The molecule has 4 saturated carbocycles. The van der Waals surface area contributed by atoms with Gasteiger partial charge in [0.25, 0.3) is 0 Å². The lowest BCUT2D eigenvalue weighted by atomic mass is 9.43. The number of hydrogen-bond acceptors (Lipinski definition) is 8. The number of hydrogen-bond donors (Lipinski definition) is 5. The molecule has 10 nitrogen and oxygen atoms in total. The number of quaternary nitrogens is 1. The Balaban J connectivity index is 1.27. The average molecular weight is 631 g/mol. The minimum Gasteiger partial charge on any atom is -0.748 e. The van der Waals surface area contributed by atoms with Gasteiger partial charge in [0.1, 0.15) is 12.6 Å². The molecule has 4 aliphatic carbocycles. The molecule has 4 rings (SSSR count). The van der Waals surface area contributed by atoms with Crippen LogP contribution in [0.5, 0.6) is 0 Å². The summed E-state index contributed by atoms with van der Waals surface area (Å²) in [5.74, 6) is 0.749. The predicted molar refractivity (Wildman–Crippen MR) is 162 cm³/mol. The zero-order valence-electron chi connectivity index (χ0n) is 27.0. The van der Waals surface area contributed by atoms with Gasteiger partial charge in [0.2, 0.25) is 5.91 Å². The molecule has 4 aliphatic rings. The highest BCUT2D eigenvalue weighted by atomic mass is 32.2. The number of aliphatic hydroxyl groups is 4. The van der Waals surface area contributed by atoms with Crippen LogP contribution in [0.1, 0.15) is 85.0 Å². The minimum absolute atomic E-state index is 0.0141. The van der Waals surface area contributed by atoms with Gasteiger partial charge in [-0.2, -0.15) is 0 Å². The first kappa shape index (κ1) is 35.0. The fourth-order valence-electron chi connectivity index (χ4n) is 10.5. The molecule has 11 heteroatoms. The van der Waals surface area contributed by atoms with Crippen LogP contribution in [0.25, 0.3) is 0 Å². The smallest absolute Gasteiger partial charge is 0.220 e. The predicted octanol–water partition coefficient (Wildman–Crippen LogP) is 1.85. The highest BCUT2D eigenvalue weighted by Crippen LogP contribution is 2.68. The molecule has 1 amide bonds. The number of amides is 1. The Morgan fingerprint density at radius 3 is 2.44 bits per heavy atom. The standard InChI is InChI=1S/C32H58N2O8S/c1-20(7-10-29(39)33-13-6-14-34(4,5)18-23(36)19-43(40,41)42)24-8-9-25-30-26(17-28(38)32(24,25)3)31(2)12-11-22(35)15-21(31)16-27(30)37/h20-28,30,35-38H,6-19H2,1-5H3,(H-,33,39,40,41,42)/t20-,21?,22-,23?,24-,25?,26?,27-,28+,30?,31+,32-/m1/s1. The van der Waals surface area contributed by atoms with Crippen molar-refractivity contribution < 1.29 is 42.7 Å². The van der Waals surface area contributed by atoms with Crippen molar-refractivity contribution in [2.24, 2.45) is 46.3 Å². The molecule has 12 atom stereocenters. The second kappa shape index (κ2) is 13.1. The average Bonchev–Trinajstić information content (AvgIpc) is 3.24. The molecule has 0 aromatic heterocycles. The lowest BCUT2D eigenvalue weighted by molar-refractivity contribution is -0.893. The summed E-state index contributed by atoms with van der Waals surface area (Å²) in [5, 5.41) is 46.5. The van der Waals surface area contributed by atoms with E-state index in [2.05, 4.69) is 26.1 Å². The Bertz CT molecular complexity index is 1090. The number of carbonyl (C=O) groups is 1. The molecule has 5 N–H and O–H groups in total. The van der Waals surface area contributed by atoms with Crippen LogP contribution in [0, 0.1) is 46.3 Å². The number of fused-ring (bicyclic) bond motifs is 5. The Hall–Kier alpha value is -0.820. The molecule has 4 fully saturated rings. The summed E-state index contributed by atoms with van der Waals surface area (Å²) in [6, 6.07) is 0. The van der Waals surface area contributed by atoms with Gasteiger partial charge in [-0.25, -0.2) is 8.42 Å². The third-order valence-electron chi connectivity index (χ3n) is 12.7. The first-order valence-corrected chi connectivity index (χ1v) is 18.2. The summed E-state index contributed by atoms with van der Waals surface area (Å²) in [6.45, 7) is 8.02. The Labute approximate surface area is 259 Å². The van der Waals surface area contributed by atoms with E-state index < -0.39 is 34.2 Å². The van der Waals surface area contributed by atoms with Crippen molar-refractivity contribution in [1.82, 2.24) is 5.32 Å². The number of aliphatic hydroxyl groups excluding tert-OH is 4. The minimum atomic E-state index is -4.48. The first-order valence-electron chi connectivity index (χ1n) is 16.6. The topological polar surface area (TPSA) is 167 Å². The molecule has 0 spiro atoms. The largest absolute Gasteiger partial charge is 0.748 e. The van der Waals surface area contributed by atoms with E-state index in [-0.39, 0.29) is 59.0 Å². The van der Waals surface area contributed by atoms with Gasteiger partial charge >= 0.3 is 0 Å². The quantitative estimate of drug-likeness (QED) is 0.124. The van der Waals surface area contributed by atoms with Gasteiger partial charge in [0.15, 0.2) is 0 Å². The van der Waals surface area contributed by atoms with Crippen molar-refractivity contribution in [1.29, 1.82) is 0 Å². The molecule has 0 radical (unpaired) electrons. The van der Waals surface area contributed by atoms with Gasteiger partial charge in [0.05, 0.1) is 54.8 Å². The second-order valence-electron chi connectivity index (χ2n) is 16.0. The molecule has 43 heavy (non-hydrogen) atoms. The Kier molecular flexibility index (Phi) is 10.7. The monoisotopic (exact) mass is 630 g/mol. The molecule has 0 saturated heterocycles. The maximum absolute atomic E-state index is 12.7.